The lowest BCUT2D eigenvalue weighted by Gasteiger charge is -2.31. The van der Waals surface area contributed by atoms with E-state index in [9.17, 15) is 4.79 Å². The maximum absolute atomic E-state index is 13.7. The van der Waals surface area contributed by atoms with Gasteiger partial charge in [0.15, 0.2) is 11.5 Å². The number of carbonyl (C=O) groups is 1. The fourth-order valence-corrected chi connectivity index (χ4v) is 5.06. The zero-order valence-corrected chi connectivity index (χ0v) is 24.3. The van der Waals surface area contributed by atoms with E-state index >= 15 is 0 Å². The predicted octanol–water partition coefficient (Wildman–Crippen LogP) is 5.64. The summed E-state index contributed by atoms with van der Waals surface area (Å²) >= 11 is 0. The second kappa shape index (κ2) is 15.9. The smallest absolute Gasteiger partial charge is 0.322 e. The lowest BCUT2D eigenvalue weighted by molar-refractivity contribution is 0.210. The summed E-state index contributed by atoms with van der Waals surface area (Å²) in [5.74, 6) is 1.36. The quantitative estimate of drug-likeness (QED) is 0.279. The molecule has 7 nitrogen and oxygen atoms in total. The molecule has 1 aliphatic rings. The van der Waals surface area contributed by atoms with Crippen LogP contribution in [-0.2, 0) is 0 Å². The number of amides is 2. The van der Waals surface area contributed by atoms with Gasteiger partial charge < -0.3 is 25.0 Å². The Balaban J connectivity index is 0.00000441. The summed E-state index contributed by atoms with van der Waals surface area (Å²) in [5, 5.41) is 6.46. The molecule has 8 heteroatoms. The van der Waals surface area contributed by atoms with Gasteiger partial charge in [-0.05, 0) is 35.3 Å². The van der Waals surface area contributed by atoms with Crippen molar-refractivity contribution in [1.29, 1.82) is 0 Å². The number of urea groups is 1. The molecule has 0 spiro atoms. The molecule has 1 heterocycles. The first kappa shape index (κ1) is 31.0. The third-order valence-electron chi connectivity index (χ3n) is 7.08. The van der Waals surface area contributed by atoms with Crippen molar-refractivity contribution in [2.24, 2.45) is 0 Å². The molecule has 3 aromatic carbocycles. The number of hydrogen-bond donors (Lipinski definition) is 2. The highest BCUT2D eigenvalue weighted by molar-refractivity contribution is 5.90. The second-order valence-electron chi connectivity index (χ2n) is 9.86. The molecule has 0 bridgehead atoms. The number of carbonyl (C=O) groups excluding carboxylic acids is 1. The molecule has 0 radical (unpaired) electrons. The largest absolute Gasteiger partial charge is 0.493 e. The number of benzene rings is 3. The first-order valence-corrected chi connectivity index (χ1v) is 13.5. The second-order valence-corrected chi connectivity index (χ2v) is 9.86. The highest BCUT2D eigenvalue weighted by Crippen LogP contribution is 2.31. The molecule has 2 amide bonds. The zero-order chi connectivity index (χ0) is 27.5. The summed E-state index contributed by atoms with van der Waals surface area (Å²) in [4.78, 5) is 17.9. The molecule has 1 fully saturated rings. The summed E-state index contributed by atoms with van der Waals surface area (Å²) in [7, 11) is 3.18. The van der Waals surface area contributed by atoms with Crippen LogP contribution in [0.3, 0.4) is 0 Å². The monoisotopic (exact) mass is 564 g/mol. The van der Waals surface area contributed by atoms with E-state index in [2.05, 4.69) is 70.6 Å². The van der Waals surface area contributed by atoms with Crippen LogP contribution < -0.4 is 20.1 Å². The summed E-state index contributed by atoms with van der Waals surface area (Å²) < 4.78 is 10.8. The van der Waals surface area contributed by atoms with Gasteiger partial charge >= 0.3 is 6.03 Å². The van der Waals surface area contributed by atoms with Gasteiger partial charge in [0, 0.05) is 63.5 Å². The SMILES string of the molecule is C=C(CN1CCNCC1)CN(CCC(c1ccccc1)c1ccccc1)C(=O)Nc1ccc(OC)c(OC)c1.Cl. The first-order valence-electron chi connectivity index (χ1n) is 13.5. The van der Waals surface area contributed by atoms with Crippen LogP contribution in [0, 0.1) is 0 Å². The third-order valence-corrected chi connectivity index (χ3v) is 7.08. The fourth-order valence-electron chi connectivity index (χ4n) is 5.06. The van der Waals surface area contributed by atoms with Crippen molar-refractivity contribution in [2.75, 3.05) is 65.3 Å². The minimum Gasteiger partial charge on any atom is -0.493 e. The molecule has 214 valence electrons. The number of piperazine rings is 1. The van der Waals surface area contributed by atoms with E-state index in [0.717, 1.165) is 44.7 Å². The summed E-state index contributed by atoms with van der Waals surface area (Å²) in [5.41, 5.74) is 4.15. The van der Waals surface area contributed by atoms with E-state index in [1.807, 2.05) is 23.1 Å². The Labute approximate surface area is 244 Å². The van der Waals surface area contributed by atoms with Crippen LogP contribution >= 0.6 is 12.4 Å². The maximum atomic E-state index is 13.7. The normalized spacial score (nSPS) is 13.3. The average Bonchev–Trinajstić information content (AvgIpc) is 2.98. The van der Waals surface area contributed by atoms with E-state index in [4.69, 9.17) is 9.47 Å². The van der Waals surface area contributed by atoms with Crippen LogP contribution in [0.2, 0.25) is 0 Å². The van der Waals surface area contributed by atoms with Crippen molar-refractivity contribution in [3.05, 3.63) is 102 Å². The number of rotatable bonds is 12. The topological polar surface area (TPSA) is 66.1 Å². The standard InChI is InChI=1S/C32H40N4O3.ClH/c1-25(23-35-20-17-33-18-21-35)24-36(32(37)34-28-14-15-30(38-2)31(22-28)39-3)19-16-29(26-10-6-4-7-11-26)27-12-8-5-9-13-27;/h4-15,22,29,33H,1,16-21,23-24H2,2-3H3,(H,34,37);1H. The highest BCUT2D eigenvalue weighted by atomic mass is 35.5. The predicted molar refractivity (Wildman–Crippen MR) is 165 cm³/mol. The molecule has 1 aliphatic heterocycles. The van der Waals surface area contributed by atoms with Gasteiger partial charge in [-0.2, -0.15) is 0 Å². The van der Waals surface area contributed by atoms with E-state index in [0.29, 0.717) is 30.3 Å². The Morgan fingerprint density at radius 3 is 2.12 bits per heavy atom. The molecule has 0 aromatic heterocycles. The lowest BCUT2D eigenvalue weighted by atomic mass is 9.88. The third kappa shape index (κ3) is 8.74. The highest BCUT2D eigenvalue weighted by Gasteiger charge is 2.21. The molecule has 0 aliphatic carbocycles. The molecule has 2 N–H and O–H groups in total. The van der Waals surface area contributed by atoms with Gasteiger partial charge in [0.1, 0.15) is 0 Å². The molecular formula is C32H41ClN4O3. The fraction of sp³-hybridized carbons (Fsp3) is 0.344. The van der Waals surface area contributed by atoms with Crippen LogP contribution in [0.25, 0.3) is 0 Å². The molecule has 0 atom stereocenters. The molecule has 4 rings (SSSR count). The number of anilines is 1. The average molecular weight is 565 g/mol. The Kier molecular flexibility index (Phi) is 12.3. The van der Waals surface area contributed by atoms with E-state index in [1.165, 1.54) is 11.1 Å². The van der Waals surface area contributed by atoms with E-state index < -0.39 is 0 Å². The van der Waals surface area contributed by atoms with Crippen LogP contribution in [0.15, 0.2) is 91.0 Å². The summed E-state index contributed by atoms with van der Waals surface area (Å²) in [6, 6.07) is 26.2. The van der Waals surface area contributed by atoms with E-state index in [-0.39, 0.29) is 24.4 Å². The molecule has 3 aromatic rings. The van der Waals surface area contributed by atoms with Crippen molar-refractivity contribution in [2.45, 2.75) is 12.3 Å². The number of ether oxygens (including phenoxy) is 2. The number of methoxy groups -OCH3 is 2. The number of hydrogen-bond acceptors (Lipinski definition) is 5. The van der Waals surface area contributed by atoms with Gasteiger partial charge in [-0.1, -0.05) is 67.2 Å². The van der Waals surface area contributed by atoms with E-state index in [1.54, 1.807) is 26.4 Å². The van der Waals surface area contributed by atoms with Gasteiger partial charge in [-0.15, -0.1) is 12.4 Å². The van der Waals surface area contributed by atoms with Crippen LogP contribution in [0.5, 0.6) is 11.5 Å². The van der Waals surface area contributed by atoms with Gasteiger partial charge in [0.05, 0.1) is 14.2 Å². The first-order chi connectivity index (χ1) is 19.1. The minimum atomic E-state index is -0.163. The Morgan fingerprint density at radius 2 is 1.55 bits per heavy atom. The number of halogens is 1. The van der Waals surface area contributed by atoms with Gasteiger partial charge in [0.25, 0.3) is 0 Å². The Morgan fingerprint density at radius 1 is 0.950 bits per heavy atom. The maximum Gasteiger partial charge on any atom is 0.322 e. The van der Waals surface area contributed by atoms with Crippen molar-refractivity contribution in [3.8, 4) is 11.5 Å². The van der Waals surface area contributed by atoms with Crippen molar-refractivity contribution >= 4 is 24.1 Å². The summed E-state index contributed by atoms with van der Waals surface area (Å²) in [6.45, 7) is 10.1. The Bertz CT molecular complexity index is 1160. The van der Waals surface area contributed by atoms with Crippen LogP contribution in [0.4, 0.5) is 10.5 Å². The van der Waals surface area contributed by atoms with Crippen molar-refractivity contribution in [1.82, 2.24) is 15.1 Å². The molecule has 0 saturated carbocycles. The van der Waals surface area contributed by atoms with Gasteiger partial charge in [0.2, 0.25) is 0 Å². The van der Waals surface area contributed by atoms with Gasteiger partial charge in [-0.25, -0.2) is 4.79 Å². The molecule has 0 unspecified atom stereocenters. The Hall–Kier alpha value is -3.52. The van der Waals surface area contributed by atoms with Crippen LogP contribution in [0.1, 0.15) is 23.5 Å². The van der Waals surface area contributed by atoms with Crippen molar-refractivity contribution < 1.29 is 14.3 Å². The number of nitrogens with one attached hydrogen (secondary N) is 2. The summed E-state index contributed by atoms with van der Waals surface area (Å²) in [6.07, 6.45) is 0.786. The zero-order valence-electron chi connectivity index (χ0n) is 23.5. The minimum absolute atomic E-state index is 0. The molecule has 1 saturated heterocycles. The van der Waals surface area contributed by atoms with Gasteiger partial charge in [-0.3, -0.25) is 4.90 Å². The molecule has 40 heavy (non-hydrogen) atoms. The molecular weight excluding hydrogens is 524 g/mol. The van der Waals surface area contributed by atoms with Crippen molar-refractivity contribution in [3.63, 3.8) is 0 Å². The number of nitrogens with zero attached hydrogens (tertiary/aromatic N) is 2. The van der Waals surface area contributed by atoms with Crippen LogP contribution in [-0.4, -0.2) is 75.9 Å². The lowest BCUT2D eigenvalue weighted by Crippen LogP contribution is -2.45.